The predicted molar refractivity (Wildman–Crippen MR) is 123 cm³/mol. The fourth-order valence-electron chi connectivity index (χ4n) is 3.28. The standard InChI is InChI=1S/C24H20N6O/c1-15-7-11-18(12-8-15)25-22-20-23(26-17-5-3-2-4-6-17)29-30-24(20)28-21(27-22)16-9-13-19(31)14-10-16/h2-14,31H,1H3,(H3,25,26,27,28,29,30). The number of aryl methyl sites for hydroxylation is 1. The first kappa shape index (κ1) is 18.6. The molecule has 0 spiro atoms. The molecule has 3 aromatic carbocycles. The molecule has 31 heavy (non-hydrogen) atoms. The summed E-state index contributed by atoms with van der Waals surface area (Å²) in [7, 11) is 0. The molecule has 2 aromatic heterocycles. The zero-order chi connectivity index (χ0) is 21.2. The lowest BCUT2D eigenvalue weighted by Crippen LogP contribution is -2.00. The normalized spacial score (nSPS) is 10.9. The number of benzene rings is 3. The maximum atomic E-state index is 9.61. The van der Waals surface area contributed by atoms with Crippen molar-refractivity contribution in [2.24, 2.45) is 0 Å². The summed E-state index contributed by atoms with van der Waals surface area (Å²) < 4.78 is 0. The van der Waals surface area contributed by atoms with Gasteiger partial charge in [-0.1, -0.05) is 35.9 Å². The first-order valence-electron chi connectivity index (χ1n) is 9.87. The Morgan fingerprint density at radius 1 is 0.774 bits per heavy atom. The molecule has 152 valence electrons. The number of fused-ring (bicyclic) bond motifs is 1. The van der Waals surface area contributed by atoms with Gasteiger partial charge in [0, 0.05) is 16.9 Å². The summed E-state index contributed by atoms with van der Waals surface area (Å²) in [5.41, 5.74) is 4.34. The van der Waals surface area contributed by atoms with E-state index >= 15 is 0 Å². The monoisotopic (exact) mass is 408 g/mol. The Morgan fingerprint density at radius 2 is 1.48 bits per heavy atom. The summed E-state index contributed by atoms with van der Waals surface area (Å²) in [5, 5.41) is 24.6. The summed E-state index contributed by atoms with van der Waals surface area (Å²) in [6.45, 7) is 2.05. The van der Waals surface area contributed by atoms with Gasteiger partial charge in [-0.3, -0.25) is 5.10 Å². The Bertz CT molecular complexity index is 1330. The molecule has 0 radical (unpaired) electrons. The third kappa shape index (κ3) is 3.89. The van der Waals surface area contributed by atoms with E-state index in [4.69, 9.17) is 4.98 Å². The van der Waals surface area contributed by atoms with Crippen molar-refractivity contribution in [3.8, 4) is 17.1 Å². The van der Waals surface area contributed by atoms with Crippen molar-refractivity contribution >= 4 is 34.0 Å². The van der Waals surface area contributed by atoms with Crippen LogP contribution in [0.3, 0.4) is 0 Å². The van der Waals surface area contributed by atoms with E-state index in [-0.39, 0.29) is 5.75 Å². The third-order valence-electron chi connectivity index (χ3n) is 4.90. The Labute approximate surface area is 178 Å². The number of aromatic amines is 1. The van der Waals surface area contributed by atoms with Crippen molar-refractivity contribution in [1.82, 2.24) is 20.2 Å². The Balaban J connectivity index is 1.63. The molecule has 0 unspecified atom stereocenters. The molecule has 4 N–H and O–H groups in total. The average molecular weight is 408 g/mol. The molecule has 0 aliphatic heterocycles. The number of hydrogen-bond donors (Lipinski definition) is 4. The van der Waals surface area contributed by atoms with Gasteiger partial charge >= 0.3 is 0 Å². The number of anilines is 4. The largest absolute Gasteiger partial charge is 0.508 e. The number of nitrogens with one attached hydrogen (secondary N) is 3. The molecular formula is C24H20N6O. The minimum absolute atomic E-state index is 0.192. The molecule has 2 heterocycles. The lowest BCUT2D eigenvalue weighted by molar-refractivity contribution is 0.475. The zero-order valence-electron chi connectivity index (χ0n) is 16.8. The van der Waals surface area contributed by atoms with Gasteiger partial charge in [0.25, 0.3) is 0 Å². The van der Waals surface area contributed by atoms with Crippen molar-refractivity contribution in [1.29, 1.82) is 0 Å². The second kappa shape index (κ2) is 7.79. The van der Waals surface area contributed by atoms with Gasteiger partial charge in [0.15, 0.2) is 11.5 Å². The summed E-state index contributed by atoms with van der Waals surface area (Å²) in [5.74, 6) is 2.04. The molecule has 5 rings (SSSR count). The fraction of sp³-hybridized carbons (Fsp3) is 0.0417. The van der Waals surface area contributed by atoms with Gasteiger partial charge in [0.1, 0.15) is 22.8 Å². The van der Waals surface area contributed by atoms with Gasteiger partial charge in [-0.2, -0.15) is 5.10 Å². The van der Waals surface area contributed by atoms with Gasteiger partial charge in [-0.25, -0.2) is 9.97 Å². The lowest BCUT2D eigenvalue weighted by Gasteiger charge is -2.11. The van der Waals surface area contributed by atoms with E-state index in [2.05, 4.69) is 25.8 Å². The highest BCUT2D eigenvalue weighted by Crippen LogP contribution is 2.33. The zero-order valence-corrected chi connectivity index (χ0v) is 16.8. The van der Waals surface area contributed by atoms with Crippen LogP contribution in [0.5, 0.6) is 5.75 Å². The fourth-order valence-corrected chi connectivity index (χ4v) is 3.28. The number of aromatic nitrogens is 4. The number of hydrogen-bond acceptors (Lipinski definition) is 6. The highest BCUT2D eigenvalue weighted by atomic mass is 16.3. The number of para-hydroxylation sites is 1. The smallest absolute Gasteiger partial charge is 0.188 e. The molecule has 7 nitrogen and oxygen atoms in total. The molecule has 0 atom stereocenters. The van der Waals surface area contributed by atoms with Crippen LogP contribution in [0.25, 0.3) is 22.4 Å². The van der Waals surface area contributed by atoms with Crippen LogP contribution in [0, 0.1) is 6.92 Å². The van der Waals surface area contributed by atoms with Crippen molar-refractivity contribution < 1.29 is 5.11 Å². The first-order chi connectivity index (χ1) is 15.2. The quantitative estimate of drug-likeness (QED) is 0.306. The van der Waals surface area contributed by atoms with Crippen LogP contribution in [0.1, 0.15) is 5.56 Å². The van der Waals surface area contributed by atoms with Crippen molar-refractivity contribution in [2.45, 2.75) is 6.92 Å². The number of phenols is 1. The average Bonchev–Trinajstić information content (AvgIpc) is 3.19. The van der Waals surface area contributed by atoms with Gasteiger partial charge < -0.3 is 15.7 Å². The number of nitrogens with zero attached hydrogens (tertiary/aromatic N) is 3. The van der Waals surface area contributed by atoms with E-state index in [0.717, 1.165) is 22.3 Å². The highest BCUT2D eigenvalue weighted by molar-refractivity contribution is 5.99. The third-order valence-corrected chi connectivity index (χ3v) is 4.90. The van der Waals surface area contributed by atoms with Crippen LogP contribution < -0.4 is 10.6 Å². The summed E-state index contributed by atoms with van der Waals surface area (Å²) in [6, 6.07) is 24.7. The van der Waals surface area contributed by atoms with Crippen LogP contribution >= 0.6 is 0 Å². The van der Waals surface area contributed by atoms with E-state index in [1.54, 1.807) is 24.3 Å². The van der Waals surface area contributed by atoms with Crippen LogP contribution in [0.2, 0.25) is 0 Å². The number of aromatic hydroxyl groups is 1. The highest BCUT2D eigenvalue weighted by Gasteiger charge is 2.17. The van der Waals surface area contributed by atoms with Gasteiger partial charge in [-0.15, -0.1) is 0 Å². The van der Waals surface area contributed by atoms with Gasteiger partial charge in [0.2, 0.25) is 0 Å². The molecular weight excluding hydrogens is 388 g/mol. The molecule has 0 saturated carbocycles. The molecule has 0 saturated heterocycles. The first-order valence-corrected chi connectivity index (χ1v) is 9.87. The minimum Gasteiger partial charge on any atom is -0.508 e. The van der Waals surface area contributed by atoms with E-state index < -0.39 is 0 Å². The molecule has 0 aliphatic rings. The summed E-state index contributed by atoms with van der Waals surface area (Å²) >= 11 is 0. The number of H-pyrrole nitrogens is 1. The Hall–Kier alpha value is -4.39. The molecule has 0 aliphatic carbocycles. The topological polar surface area (TPSA) is 98.8 Å². The van der Waals surface area contributed by atoms with Crippen molar-refractivity contribution in [3.05, 3.63) is 84.4 Å². The van der Waals surface area contributed by atoms with Crippen LogP contribution in [-0.4, -0.2) is 25.3 Å². The number of rotatable bonds is 5. The van der Waals surface area contributed by atoms with Crippen LogP contribution in [0.15, 0.2) is 78.9 Å². The Morgan fingerprint density at radius 3 is 2.23 bits per heavy atom. The molecule has 0 bridgehead atoms. The number of phenolic OH excluding ortho intramolecular Hbond substituents is 1. The van der Waals surface area contributed by atoms with Crippen molar-refractivity contribution in [3.63, 3.8) is 0 Å². The van der Waals surface area contributed by atoms with Gasteiger partial charge in [0.05, 0.1) is 0 Å². The maximum absolute atomic E-state index is 9.61. The van der Waals surface area contributed by atoms with Crippen molar-refractivity contribution in [2.75, 3.05) is 10.6 Å². The molecule has 7 heteroatoms. The lowest BCUT2D eigenvalue weighted by atomic mass is 10.2. The second-order valence-corrected chi connectivity index (χ2v) is 7.22. The molecule has 0 amide bonds. The second-order valence-electron chi connectivity index (χ2n) is 7.22. The van der Waals surface area contributed by atoms with Crippen LogP contribution in [0.4, 0.5) is 23.0 Å². The maximum Gasteiger partial charge on any atom is 0.188 e. The van der Waals surface area contributed by atoms with E-state index in [0.29, 0.717) is 23.1 Å². The van der Waals surface area contributed by atoms with Crippen LogP contribution in [-0.2, 0) is 0 Å². The SMILES string of the molecule is Cc1ccc(Nc2nc(-c3ccc(O)cc3)nc3n[nH]c(Nc4ccccc4)c23)cc1. The molecule has 0 fully saturated rings. The summed E-state index contributed by atoms with van der Waals surface area (Å²) in [6.07, 6.45) is 0. The Kier molecular flexibility index (Phi) is 4.68. The van der Waals surface area contributed by atoms with E-state index in [1.165, 1.54) is 5.56 Å². The van der Waals surface area contributed by atoms with Gasteiger partial charge in [-0.05, 0) is 55.5 Å². The predicted octanol–water partition coefficient (Wildman–Crippen LogP) is 5.52. The van der Waals surface area contributed by atoms with E-state index in [9.17, 15) is 5.11 Å². The van der Waals surface area contributed by atoms with E-state index in [1.807, 2.05) is 61.5 Å². The minimum atomic E-state index is 0.192. The summed E-state index contributed by atoms with van der Waals surface area (Å²) in [4.78, 5) is 9.43. The molecule has 5 aromatic rings.